The van der Waals surface area contributed by atoms with Crippen LogP contribution in [0.2, 0.25) is 0 Å². The van der Waals surface area contributed by atoms with E-state index < -0.39 is 0 Å². The highest BCUT2D eigenvalue weighted by Crippen LogP contribution is 2.24. The molecule has 0 unspecified atom stereocenters. The lowest BCUT2D eigenvalue weighted by molar-refractivity contribution is 0.112. The van der Waals surface area contributed by atoms with Gasteiger partial charge in [-0.15, -0.1) is 6.58 Å². The minimum atomic E-state index is 0.0806. The van der Waals surface area contributed by atoms with E-state index in [1.165, 1.54) is 0 Å². The number of benzene rings is 1. The van der Waals surface area contributed by atoms with E-state index in [4.69, 9.17) is 0 Å². The third kappa shape index (κ3) is 2.02. The zero-order valence-electron chi connectivity index (χ0n) is 8.29. The van der Waals surface area contributed by atoms with Gasteiger partial charge < -0.3 is 5.11 Å². The van der Waals surface area contributed by atoms with Crippen LogP contribution in [-0.4, -0.2) is 11.4 Å². The molecule has 0 saturated carbocycles. The zero-order valence-corrected chi connectivity index (χ0v) is 8.29. The van der Waals surface area contributed by atoms with Gasteiger partial charge in [-0.25, -0.2) is 0 Å². The third-order valence-electron chi connectivity index (χ3n) is 2.18. The highest BCUT2D eigenvalue weighted by atomic mass is 16.3. The molecule has 0 heterocycles. The Hall–Kier alpha value is -1.57. The van der Waals surface area contributed by atoms with E-state index in [-0.39, 0.29) is 5.75 Å². The van der Waals surface area contributed by atoms with Gasteiger partial charge in [0.1, 0.15) is 5.75 Å². The quantitative estimate of drug-likeness (QED) is 0.585. The number of carbonyl (C=O) groups is 1. The Bertz CT molecular complexity index is 354. The minimum absolute atomic E-state index is 0.0806. The third-order valence-corrected chi connectivity index (χ3v) is 2.18. The van der Waals surface area contributed by atoms with Crippen LogP contribution in [0.25, 0.3) is 0 Å². The minimum Gasteiger partial charge on any atom is -0.507 e. The number of phenols is 1. The highest BCUT2D eigenvalue weighted by molar-refractivity contribution is 5.80. The highest BCUT2D eigenvalue weighted by Gasteiger charge is 2.07. The number of allylic oxidation sites excluding steroid dienone is 1. The van der Waals surface area contributed by atoms with Crippen molar-refractivity contribution < 1.29 is 9.90 Å². The monoisotopic (exact) mass is 190 g/mol. The van der Waals surface area contributed by atoms with E-state index >= 15 is 0 Å². The summed E-state index contributed by atoms with van der Waals surface area (Å²) in [5, 5.41) is 9.66. The number of aryl methyl sites for hydroxylation is 1. The van der Waals surface area contributed by atoms with Crippen LogP contribution in [0.3, 0.4) is 0 Å². The Kier molecular flexibility index (Phi) is 3.46. The normalized spacial score (nSPS) is 9.79. The first kappa shape index (κ1) is 10.5. The number of aldehydes is 1. The fourth-order valence-electron chi connectivity index (χ4n) is 1.39. The number of phenolic OH excluding ortho intramolecular Hbond substituents is 1. The molecule has 1 aromatic carbocycles. The van der Waals surface area contributed by atoms with Gasteiger partial charge in [-0.2, -0.15) is 0 Å². The second kappa shape index (κ2) is 4.61. The number of hydrogen-bond donors (Lipinski definition) is 1. The van der Waals surface area contributed by atoms with Gasteiger partial charge in [0.2, 0.25) is 0 Å². The molecule has 74 valence electrons. The molecule has 0 aliphatic rings. The molecule has 0 bridgehead atoms. The summed E-state index contributed by atoms with van der Waals surface area (Å²) in [6.07, 6.45) is 3.83. The Morgan fingerprint density at radius 3 is 2.71 bits per heavy atom. The predicted octanol–water partition coefficient (Wildman–Crippen LogP) is 2.50. The molecule has 2 nitrogen and oxygen atoms in total. The van der Waals surface area contributed by atoms with Gasteiger partial charge in [0.25, 0.3) is 0 Å². The smallest absolute Gasteiger partial charge is 0.153 e. The molecule has 0 aromatic heterocycles. The second-order valence-electron chi connectivity index (χ2n) is 3.16. The van der Waals surface area contributed by atoms with Crippen LogP contribution in [0.15, 0.2) is 24.8 Å². The first-order chi connectivity index (χ1) is 6.72. The molecule has 1 aromatic rings. The maximum absolute atomic E-state index is 10.7. The molecule has 0 fully saturated rings. The molecular weight excluding hydrogens is 176 g/mol. The van der Waals surface area contributed by atoms with Crippen molar-refractivity contribution in [3.05, 3.63) is 41.5 Å². The number of aromatic hydroxyl groups is 1. The fraction of sp³-hybridized carbons (Fsp3) is 0.250. The maximum atomic E-state index is 10.7. The summed E-state index contributed by atoms with van der Waals surface area (Å²) < 4.78 is 0. The van der Waals surface area contributed by atoms with Crippen molar-refractivity contribution in [2.75, 3.05) is 0 Å². The van der Waals surface area contributed by atoms with E-state index in [0.717, 1.165) is 17.5 Å². The summed E-state index contributed by atoms with van der Waals surface area (Å²) in [4.78, 5) is 10.7. The molecule has 2 heteroatoms. The van der Waals surface area contributed by atoms with Gasteiger partial charge in [0.05, 0.1) is 5.56 Å². The Labute approximate surface area is 83.9 Å². The summed E-state index contributed by atoms with van der Waals surface area (Å²) in [6.45, 7) is 5.62. The van der Waals surface area contributed by atoms with E-state index in [1.807, 2.05) is 13.0 Å². The first-order valence-corrected chi connectivity index (χ1v) is 4.63. The molecule has 0 radical (unpaired) electrons. The summed E-state index contributed by atoms with van der Waals surface area (Å²) in [6, 6.07) is 3.62. The van der Waals surface area contributed by atoms with Crippen molar-refractivity contribution >= 4 is 6.29 Å². The largest absolute Gasteiger partial charge is 0.507 e. The first-order valence-electron chi connectivity index (χ1n) is 4.63. The molecular formula is C12H14O2. The van der Waals surface area contributed by atoms with Crippen LogP contribution in [0, 0.1) is 0 Å². The lowest BCUT2D eigenvalue weighted by Crippen LogP contribution is -1.92. The molecule has 0 aliphatic heterocycles. The Balaban J connectivity index is 3.25. The van der Waals surface area contributed by atoms with Crippen LogP contribution in [0.1, 0.15) is 28.4 Å². The van der Waals surface area contributed by atoms with Crippen molar-refractivity contribution in [3.8, 4) is 5.75 Å². The van der Waals surface area contributed by atoms with Gasteiger partial charge in [-0.1, -0.05) is 19.1 Å². The summed E-state index contributed by atoms with van der Waals surface area (Å²) in [5.74, 6) is 0.0806. The van der Waals surface area contributed by atoms with Crippen LogP contribution >= 0.6 is 0 Å². The fourth-order valence-corrected chi connectivity index (χ4v) is 1.39. The van der Waals surface area contributed by atoms with Crippen molar-refractivity contribution in [1.82, 2.24) is 0 Å². The number of hydrogen-bond acceptors (Lipinski definition) is 2. The van der Waals surface area contributed by atoms with Crippen molar-refractivity contribution in [2.24, 2.45) is 0 Å². The van der Waals surface area contributed by atoms with Gasteiger partial charge in [-0.3, -0.25) is 4.79 Å². The van der Waals surface area contributed by atoms with Crippen molar-refractivity contribution in [3.63, 3.8) is 0 Å². The van der Waals surface area contributed by atoms with Gasteiger partial charge in [-0.05, 0) is 30.0 Å². The predicted molar refractivity (Wildman–Crippen MR) is 56.8 cm³/mol. The van der Waals surface area contributed by atoms with E-state index in [0.29, 0.717) is 18.3 Å². The van der Waals surface area contributed by atoms with Crippen LogP contribution in [0.4, 0.5) is 0 Å². The van der Waals surface area contributed by atoms with E-state index in [9.17, 15) is 9.90 Å². The Morgan fingerprint density at radius 2 is 2.21 bits per heavy atom. The molecule has 0 atom stereocenters. The number of carbonyl (C=O) groups excluding carboxylic acids is 1. The van der Waals surface area contributed by atoms with Crippen LogP contribution in [0.5, 0.6) is 5.75 Å². The molecule has 0 saturated heterocycles. The zero-order chi connectivity index (χ0) is 10.6. The average molecular weight is 190 g/mol. The number of rotatable bonds is 4. The molecule has 0 aliphatic carbocycles. The lowest BCUT2D eigenvalue weighted by atomic mass is 10.0. The van der Waals surface area contributed by atoms with Crippen LogP contribution < -0.4 is 0 Å². The van der Waals surface area contributed by atoms with E-state index in [2.05, 4.69) is 6.58 Å². The van der Waals surface area contributed by atoms with Crippen molar-refractivity contribution in [1.29, 1.82) is 0 Å². The SMILES string of the molecule is C=CCc1cc(CC)cc(C=O)c1O. The molecule has 0 amide bonds. The molecule has 0 spiro atoms. The van der Waals surface area contributed by atoms with Crippen LogP contribution in [-0.2, 0) is 12.8 Å². The van der Waals surface area contributed by atoms with Gasteiger partial charge in [0.15, 0.2) is 6.29 Å². The molecule has 1 rings (SSSR count). The summed E-state index contributed by atoms with van der Waals surface area (Å²) in [5.41, 5.74) is 2.18. The topological polar surface area (TPSA) is 37.3 Å². The van der Waals surface area contributed by atoms with Gasteiger partial charge in [0, 0.05) is 0 Å². The lowest BCUT2D eigenvalue weighted by Gasteiger charge is -2.07. The van der Waals surface area contributed by atoms with Gasteiger partial charge >= 0.3 is 0 Å². The average Bonchev–Trinajstić information content (AvgIpc) is 2.21. The molecule has 14 heavy (non-hydrogen) atoms. The van der Waals surface area contributed by atoms with Crippen molar-refractivity contribution in [2.45, 2.75) is 19.8 Å². The van der Waals surface area contributed by atoms with E-state index in [1.54, 1.807) is 12.1 Å². The standard InChI is InChI=1S/C12H14O2/c1-3-5-10-6-9(4-2)7-11(8-13)12(10)14/h3,6-8,14H,1,4-5H2,2H3. The molecule has 1 N–H and O–H groups in total. The summed E-state index contributed by atoms with van der Waals surface area (Å²) in [7, 11) is 0. The Morgan fingerprint density at radius 1 is 1.50 bits per heavy atom. The maximum Gasteiger partial charge on any atom is 0.153 e. The summed E-state index contributed by atoms with van der Waals surface area (Å²) >= 11 is 0. The second-order valence-corrected chi connectivity index (χ2v) is 3.16.